The molecule has 16 heavy (non-hydrogen) atoms. The Hall–Kier alpha value is -1.84. The molecule has 1 aromatic carbocycles. The van der Waals surface area contributed by atoms with E-state index >= 15 is 0 Å². The number of aliphatic carboxylic acids is 1. The van der Waals surface area contributed by atoms with Crippen LogP contribution in [-0.4, -0.2) is 24.2 Å². The Balaban J connectivity index is 2.75. The Labute approximate surface area is 93.8 Å². The van der Waals surface area contributed by atoms with Gasteiger partial charge in [-0.15, -0.1) is 0 Å². The molecule has 0 amide bonds. The summed E-state index contributed by atoms with van der Waals surface area (Å²) in [6.45, 7) is 2.88. The molecule has 0 unspecified atom stereocenters. The van der Waals surface area contributed by atoms with Gasteiger partial charge in [-0.1, -0.05) is 18.2 Å². The third kappa shape index (κ3) is 3.38. The van der Waals surface area contributed by atoms with E-state index in [4.69, 9.17) is 5.11 Å². The predicted molar refractivity (Wildman–Crippen MR) is 61.1 cm³/mol. The number of para-hydroxylation sites is 1. The molecule has 0 saturated carbocycles. The van der Waals surface area contributed by atoms with E-state index in [1.807, 2.05) is 6.92 Å². The highest BCUT2D eigenvalue weighted by molar-refractivity contribution is 5.79. The van der Waals surface area contributed by atoms with Gasteiger partial charge in [-0.05, 0) is 19.1 Å². The number of rotatable bonds is 5. The Morgan fingerprint density at radius 2 is 2.19 bits per heavy atom. The van der Waals surface area contributed by atoms with Gasteiger partial charge in [-0.3, -0.25) is 0 Å². The lowest BCUT2D eigenvalue weighted by Crippen LogP contribution is -2.23. The van der Waals surface area contributed by atoms with E-state index in [-0.39, 0.29) is 5.82 Å². The Bertz CT molecular complexity index is 390. The fourth-order valence-corrected chi connectivity index (χ4v) is 1.39. The second-order valence-electron chi connectivity index (χ2n) is 3.23. The largest absolute Gasteiger partial charge is 0.478 e. The highest BCUT2D eigenvalue weighted by atomic mass is 19.1. The number of hydrogen-bond acceptors (Lipinski definition) is 2. The smallest absolute Gasteiger partial charge is 0.328 e. The topological polar surface area (TPSA) is 40.5 Å². The number of anilines is 1. The summed E-state index contributed by atoms with van der Waals surface area (Å²) in [6.07, 6.45) is 2.56. The minimum atomic E-state index is -0.996. The normalized spacial score (nSPS) is 10.6. The van der Waals surface area contributed by atoms with Crippen molar-refractivity contribution in [3.63, 3.8) is 0 Å². The second-order valence-corrected chi connectivity index (χ2v) is 3.23. The van der Waals surface area contributed by atoms with Crippen LogP contribution in [0.25, 0.3) is 0 Å². The van der Waals surface area contributed by atoms with Gasteiger partial charge in [0.05, 0.1) is 5.69 Å². The number of benzene rings is 1. The van der Waals surface area contributed by atoms with Gasteiger partial charge < -0.3 is 10.0 Å². The summed E-state index contributed by atoms with van der Waals surface area (Å²) in [4.78, 5) is 12.1. The van der Waals surface area contributed by atoms with Crippen LogP contribution in [0.5, 0.6) is 0 Å². The van der Waals surface area contributed by atoms with E-state index in [0.717, 1.165) is 6.08 Å². The number of carboxylic acids is 1. The van der Waals surface area contributed by atoms with Crippen molar-refractivity contribution in [1.29, 1.82) is 0 Å². The summed E-state index contributed by atoms with van der Waals surface area (Å²) in [7, 11) is 0. The molecular weight excluding hydrogens is 209 g/mol. The highest BCUT2D eigenvalue weighted by Gasteiger charge is 2.07. The molecule has 86 valence electrons. The van der Waals surface area contributed by atoms with Crippen molar-refractivity contribution in [2.45, 2.75) is 6.92 Å². The van der Waals surface area contributed by atoms with E-state index in [0.29, 0.717) is 18.8 Å². The number of halogens is 1. The van der Waals surface area contributed by atoms with Crippen LogP contribution in [0.15, 0.2) is 36.4 Å². The van der Waals surface area contributed by atoms with E-state index in [1.165, 1.54) is 12.1 Å². The second kappa shape index (κ2) is 5.90. The molecule has 0 radical (unpaired) electrons. The number of carbonyl (C=O) groups is 1. The molecule has 0 aromatic heterocycles. The number of hydrogen-bond donors (Lipinski definition) is 1. The van der Waals surface area contributed by atoms with Crippen LogP contribution in [-0.2, 0) is 4.79 Å². The zero-order valence-electron chi connectivity index (χ0n) is 9.06. The van der Waals surface area contributed by atoms with Crippen molar-refractivity contribution in [1.82, 2.24) is 0 Å². The molecule has 3 nitrogen and oxygen atoms in total. The zero-order valence-corrected chi connectivity index (χ0v) is 9.06. The van der Waals surface area contributed by atoms with Crippen LogP contribution in [0.2, 0.25) is 0 Å². The van der Waals surface area contributed by atoms with Gasteiger partial charge in [0.2, 0.25) is 0 Å². The Morgan fingerprint density at radius 3 is 2.75 bits per heavy atom. The minimum Gasteiger partial charge on any atom is -0.478 e. The van der Waals surface area contributed by atoms with Crippen LogP contribution in [0, 0.1) is 5.82 Å². The lowest BCUT2D eigenvalue weighted by atomic mass is 10.2. The molecule has 0 atom stereocenters. The monoisotopic (exact) mass is 223 g/mol. The van der Waals surface area contributed by atoms with Crippen LogP contribution in [0.1, 0.15) is 6.92 Å². The standard InChI is InChI=1S/C12H14FNO2/c1-2-14(9-5-8-12(15)16)11-7-4-3-6-10(11)13/h3-8H,2,9H2,1H3,(H,15,16). The molecule has 0 saturated heterocycles. The highest BCUT2D eigenvalue weighted by Crippen LogP contribution is 2.17. The molecule has 1 N–H and O–H groups in total. The maximum atomic E-state index is 13.4. The molecule has 0 heterocycles. The fourth-order valence-electron chi connectivity index (χ4n) is 1.39. The van der Waals surface area contributed by atoms with E-state index < -0.39 is 5.97 Å². The summed E-state index contributed by atoms with van der Waals surface area (Å²) in [5.41, 5.74) is 0.486. The summed E-state index contributed by atoms with van der Waals surface area (Å²) < 4.78 is 13.4. The lowest BCUT2D eigenvalue weighted by Gasteiger charge is -2.21. The maximum Gasteiger partial charge on any atom is 0.328 e. The zero-order chi connectivity index (χ0) is 12.0. The quantitative estimate of drug-likeness (QED) is 0.778. The van der Waals surface area contributed by atoms with Gasteiger partial charge in [0.25, 0.3) is 0 Å². The third-order valence-electron chi connectivity index (χ3n) is 2.16. The predicted octanol–water partition coefficient (Wildman–Crippen LogP) is 2.29. The summed E-state index contributed by atoms with van der Waals surface area (Å²) in [5.74, 6) is -1.29. The SMILES string of the molecule is CCN(CC=CC(=O)O)c1ccccc1F. The molecule has 0 fully saturated rings. The van der Waals surface area contributed by atoms with Gasteiger partial charge in [-0.25, -0.2) is 9.18 Å². The minimum absolute atomic E-state index is 0.298. The lowest BCUT2D eigenvalue weighted by molar-refractivity contribution is -0.131. The van der Waals surface area contributed by atoms with Crippen molar-refractivity contribution < 1.29 is 14.3 Å². The Kier molecular flexibility index (Phi) is 4.51. The molecule has 0 aliphatic carbocycles. The van der Waals surface area contributed by atoms with E-state index in [1.54, 1.807) is 23.1 Å². The number of carboxylic acid groups (broad SMARTS) is 1. The molecule has 0 spiro atoms. The average molecular weight is 223 g/mol. The van der Waals surface area contributed by atoms with Crippen molar-refractivity contribution in [2.75, 3.05) is 18.0 Å². The van der Waals surface area contributed by atoms with Gasteiger partial charge in [-0.2, -0.15) is 0 Å². The van der Waals surface area contributed by atoms with Crippen LogP contribution >= 0.6 is 0 Å². The molecule has 4 heteroatoms. The molecule has 0 aliphatic heterocycles. The Morgan fingerprint density at radius 1 is 1.50 bits per heavy atom. The summed E-state index contributed by atoms with van der Waals surface area (Å²) in [6, 6.07) is 6.44. The number of likely N-dealkylation sites (N-methyl/N-ethyl adjacent to an activating group) is 1. The van der Waals surface area contributed by atoms with Gasteiger partial charge in [0, 0.05) is 19.2 Å². The first-order valence-corrected chi connectivity index (χ1v) is 5.04. The fraction of sp³-hybridized carbons (Fsp3) is 0.250. The first-order chi connectivity index (χ1) is 7.65. The molecule has 1 rings (SSSR count). The average Bonchev–Trinajstić information content (AvgIpc) is 2.25. The molecule has 0 aliphatic rings. The van der Waals surface area contributed by atoms with Crippen molar-refractivity contribution >= 4 is 11.7 Å². The van der Waals surface area contributed by atoms with Crippen molar-refractivity contribution in [3.05, 3.63) is 42.2 Å². The third-order valence-corrected chi connectivity index (χ3v) is 2.16. The first-order valence-electron chi connectivity index (χ1n) is 5.04. The van der Waals surface area contributed by atoms with E-state index in [9.17, 15) is 9.18 Å². The summed E-state index contributed by atoms with van der Waals surface area (Å²) >= 11 is 0. The van der Waals surface area contributed by atoms with Crippen LogP contribution in [0.4, 0.5) is 10.1 Å². The molecular formula is C12H14FNO2. The molecule has 0 bridgehead atoms. The van der Waals surface area contributed by atoms with Crippen molar-refractivity contribution in [2.24, 2.45) is 0 Å². The van der Waals surface area contributed by atoms with Crippen LogP contribution < -0.4 is 4.90 Å². The van der Waals surface area contributed by atoms with Crippen LogP contribution in [0.3, 0.4) is 0 Å². The first kappa shape index (κ1) is 12.2. The summed E-state index contributed by atoms with van der Waals surface area (Å²) in [5, 5.41) is 8.44. The van der Waals surface area contributed by atoms with Gasteiger partial charge >= 0.3 is 5.97 Å². The van der Waals surface area contributed by atoms with Gasteiger partial charge in [0.15, 0.2) is 0 Å². The number of nitrogens with zero attached hydrogens (tertiary/aromatic N) is 1. The van der Waals surface area contributed by atoms with E-state index in [2.05, 4.69) is 0 Å². The maximum absolute atomic E-state index is 13.4. The molecule has 1 aromatic rings. The van der Waals surface area contributed by atoms with Gasteiger partial charge in [0.1, 0.15) is 5.82 Å². The van der Waals surface area contributed by atoms with Crippen molar-refractivity contribution in [3.8, 4) is 0 Å².